The highest BCUT2D eigenvalue weighted by Gasteiger charge is 2.11. The van der Waals surface area contributed by atoms with Gasteiger partial charge in [-0.2, -0.15) is 0 Å². The SMILES string of the molecule is CC(COC(=O)CCI)OC(=O)CCI. The predicted octanol–water partition coefficient (Wildman–Crippen LogP) is 2.11. The predicted molar refractivity (Wildman–Crippen MR) is 73.5 cm³/mol. The summed E-state index contributed by atoms with van der Waals surface area (Å²) in [5.41, 5.74) is 0. The van der Waals surface area contributed by atoms with Gasteiger partial charge < -0.3 is 9.47 Å². The third-order valence-corrected chi connectivity index (χ3v) is 2.49. The number of hydrogen-bond acceptors (Lipinski definition) is 4. The molecule has 0 radical (unpaired) electrons. The number of esters is 2. The molecule has 4 nitrogen and oxygen atoms in total. The molecule has 0 heterocycles. The van der Waals surface area contributed by atoms with E-state index in [2.05, 4.69) is 45.2 Å². The first-order valence-electron chi connectivity index (χ1n) is 4.57. The average Bonchev–Trinajstić information content (AvgIpc) is 2.15. The third kappa shape index (κ3) is 9.34. The molecule has 15 heavy (non-hydrogen) atoms. The van der Waals surface area contributed by atoms with Gasteiger partial charge in [0.05, 0.1) is 12.8 Å². The molecule has 0 bridgehead atoms. The summed E-state index contributed by atoms with van der Waals surface area (Å²) in [6.07, 6.45) is 0.431. The maximum absolute atomic E-state index is 11.1. The van der Waals surface area contributed by atoms with Gasteiger partial charge in [-0.05, 0) is 6.92 Å². The Morgan fingerprint density at radius 2 is 1.67 bits per heavy atom. The molecule has 0 aliphatic rings. The molecule has 0 fully saturated rings. The Kier molecular flexibility index (Phi) is 9.87. The lowest BCUT2D eigenvalue weighted by Crippen LogP contribution is -2.22. The molecule has 0 aliphatic carbocycles. The van der Waals surface area contributed by atoms with E-state index < -0.39 is 0 Å². The maximum atomic E-state index is 11.1. The van der Waals surface area contributed by atoms with Crippen LogP contribution in [0.25, 0.3) is 0 Å². The van der Waals surface area contributed by atoms with Gasteiger partial charge in [-0.3, -0.25) is 9.59 Å². The molecule has 6 heteroatoms. The number of carbonyl (C=O) groups excluding carboxylic acids is 2. The zero-order chi connectivity index (χ0) is 11.7. The number of alkyl halides is 2. The van der Waals surface area contributed by atoms with Crippen LogP contribution < -0.4 is 0 Å². The van der Waals surface area contributed by atoms with Crippen molar-refractivity contribution in [3.05, 3.63) is 0 Å². The van der Waals surface area contributed by atoms with Gasteiger partial charge in [0.1, 0.15) is 12.7 Å². The highest BCUT2D eigenvalue weighted by molar-refractivity contribution is 14.1. The summed E-state index contributed by atoms with van der Waals surface area (Å²) >= 11 is 4.21. The second-order valence-corrected chi connectivity index (χ2v) is 5.02. The quantitative estimate of drug-likeness (QED) is 0.346. The summed E-state index contributed by atoms with van der Waals surface area (Å²) in [7, 11) is 0. The summed E-state index contributed by atoms with van der Waals surface area (Å²) in [6, 6.07) is 0. The van der Waals surface area contributed by atoms with Crippen molar-refractivity contribution < 1.29 is 19.1 Å². The monoisotopic (exact) mass is 440 g/mol. The molecule has 0 aromatic rings. The van der Waals surface area contributed by atoms with Crippen LogP contribution in [-0.4, -0.2) is 33.5 Å². The van der Waals surface area contributed by atoms with Gasteiger partial charge >= 0.3 is 11.9 Å². The van der Waals surface area contributed by atoms with Gasteiger partial charge in [0, 0.05) is 8.86 Å². The van der Waals surface area contributed by atoms with Crippen molar-refractivity contribution in [3.63, 3.8) is 0 Å². The molecule has 0 N–H and O–H groups in total. The van der Waals surface area contributed by atoms with E-state index in [1.54, 1.807) is 6.92 Å². The zero-order valence-electron chi connectivity index (χ0n) is 8.50. The Labute approximate surface area is 117 Å². The number of rotatable bonds is 7. The van der Waals surface area contributed by atoms with E-state index in [-0.39, 0.29) is 24.6 Å². The number of hydrogen-bond donors (Lipinski definition) is 0. The van der Waals surface area contributed by atoms with Gasteiger partial charge in [-0.25, -0.2) is 0 Å². The molecular formula is C9H14I2O4. The number of ether oxygens (including phenoxy) is 2. The second kappa shape index (κ2) is 9.61. The fourth-order valence-corrected chi connectivity index (χ4v) is 1.63. The molecule has 0 aliphatic heterocycles. The highest BCUT2D eigenvalue weighted by atomic mass is 127. The zero-order valence-corrected chi connectivity index (χ0v) is 12.8. The van der Waals surface area contributed by atoms with Crippen molar-refractivity contribution in [1.29, 1.82) is 0 Å². The lowest BCUT2D eigenvalue weighted by Gasteiger charge is -2.12. The van der Waals surface area contributed by atoms with E-state index in [0.29, 0.717) is 12.8 Å². The molecule has 88 valence electrons. The van der Waals surface area contributed by atoms with Crippen molar-refractivity contribution in [3.8, 4) is 0 Å². The number of halogens is 2. The van der Waals surface area contributed by atoms with Crippen molar-refractivity contribution in [2.45, 2.75) is 25.9 Å². The van der Waals surface area contributed by atoms with Gasteiger partial charge in [-0.1, -0.05) is 45.2 Å². The first-order chi connectivity index (χ1) is 7.10. The van der Waals surface area contributed by atoms with E-state index in [9.17, 15) is 9.59 Å². The standard InChI is InChI=1S/C9H14I2O4/c1-7(15-9(13)3-5-11)6-14-8(12)2-4-10/h7H,2-6H2,1H3. The normalized spacial score (nSPS) is 11.9. The third-order valence-electron chi connectivity index (χ3n) is 1.41. The highest BCUT2D eigenvalue weighted by Crippen LogP contribution is 2.00. The van der Waals surface area contributed by atoms with Crippen LogP contribution >= 0.6 is 45.2 Å². The van der Waals surface area contributed by atoms with Crippen LogP contribution in [0.15, 0.2) is 0 Å². The maximum Gasteiger partial charge on any atom is 0.306 e. The lowest BCUT2D eigenvalue weighted by atomic mass is 10.4. The first-order valence-corrected chi connectivity index (χ1v) is 7.62. The van der Waals surface area contributed by atoms with Crippen LogP contribution in [0.5, 0.6) is 0 Å². The average molecular weight is 440 g/mol. The van der Waals surface area contributed by atoms with Crippen LogP contribution in [-0.2, 0) is 19.1 Å². The van der Waals surface area contributed by atoms with Crippen molar-refractivity contribution in [1.82, 2.24) is 0 Å². The fourth-order valence-electron chi connectivity index (χ4n) is 0.754. The van der Waals surface area contributed by atoms with Crippen LogP contribution in [0.2, 0.25) is 0 Å². The van der Waals surface area contributed by atoms with Crippen molar-refractivity contribution in [2.24, 2.45) is 0 Å². The van der Waals surface area contributed by atoms with Crippen molar-refractivity contribution in [2.75, 3.05) is 15.5 Å². The topological polar surface area (TPSA) is 52.6 Å². The molecule has 1 atom stereocenters. The fraction of sp³-hybridized carbons (Fsp3) is 0.778. The van der Waals surface area contributed by atoms with Crippen LogP contribution in [0.4, 0.5) is 0 Å². The van der Waals surface area contributed by atoms with Gasteiger partial charge in [-0.15, -0.1) is 0 Å². The molecule has 0 rings (SSSR count). The molecular weight excluding hydrogens is 426 g/mol. The van der Waals surface area contributed by atoms with Crippen LogP contribution in [0.1, 0.15) is 19.8 Å². The molecule has 0 saturated carbocycles. The summed E-state index contributed by atoms with van der Waals surface area (Å²) in [6.45, 7) is 1.85. The van der Waals surface area contributed by atoms with Crippen molar-refractivity contribution >= 4 is 57.1 Å². The summed E-state index contributed by atoms with van der Waals surface area (Å²) in [5.74, 6) is -0.497. The van der Waals surface area contributed by atoms with E-state index >= 15 is 0 Å². The molecule has 0 spiro atoms. The molecule has 1 unspecified atom stereocenters. The molecule has 0 aromatic heterocycles. The smallest absolute Gasteiger partial charge is 0.306 e. The van der Waals surface area contributed by atoms with Gasteiger partial charge in [0.2, 0.25) is 0 Å². The Morgan fingerprint density at radius 3 is 2.20 bits per heavy atom. The minimum atomic E-state index is -0.362. The van der Waals surface area contributed by atoms with Gasteiger partial charge in [0.15, 0.2) is 0 Å². The Morgan fingerprint density at radius 1 is 1.13 bits per heavy atom. The van der Waals surface area contributed by atoms with Crippen LogP contribution in [0, 0.1) is 0 Å². The molecule has 0 aromatic carbocycles. The minimum absolute atomic E-state index is 0.141. The van der Waals surface area contributed by atoms with E-state index in [4.69, 9.17) is 9.47 Å². The Hall–Kier alpha value is 0.400. The second-order valence-electron chi connectivity index (χ2n) is 2.86. The Balaban J connectivity index is 3.60. The first kappa shape index (κ1) is 15.4. The lowest BCUT2D eigenvalue weighted by molar-refractivity contribution is -0.157. The number of carbonyl (C=O) groups is 2. The molecule has 0 amide bonds. The van der Waals surface area contributed by atoms with E-state index in [0.717, 1.165) is 8.86 Å². The van der Waals surface area contributed by atoms with Crippen LogP contribution in [0.3, 0.4) is 0 Å². The largest absolute Gasteiger partial charge is 0.462 e. The summed E-state index contributed by atoms with van der Waals surface area (Å²) in [4.78, 5) is 22.0. The van der Waals surface area contributed by atoms with E-state index in [1.165, 1.54) is 0 Å². The summed E-state index contributed by atoms with van der Waals surface area (Å²) in [5, 5.41) is 0. The minimum Gasteiger partial charge on any atom is -0.462 e. The van der Waals surface area contributed by atoms with Gasteiger partial charge in [0.25, 0.3) is 0 Å². The molecule has 0 saturated heterocycles. The summed E-state index contributed by atoms with van der Waals surface area (Å²) < 4.78 is 11.4. The van der Waals surface area contributed by atoms with E-state index in [1.807, 2.05) is 0 Å². The Bertz CT molecular complexity index is 208.